The van der Waals surface area contributed by atoms with Crippen molar-refractivity contribution in [2.75, 3.05) is 18.5 Å². The van der Waals surface area contributed by atoms with Crippen LogP contribution in [0.25, 0.3) is 0 Å². The lowest BCUT2D eigenvalue weighted by Gasteiger charge is -2.28. The lowest BCUT2D eigenvalue weighted by atomic mass is 10.0. The Balaban J connectivity index is 1.43. The van der Waals surface area contributed by atoms with E-state index in [1.54, 1.807) is 48.5 Å². The van der Waals surface area contributed by atoms with Crippen molar-refractivity contribution in [2.45, 2.75) is 17.9 Å². The number of benzene rings is 3. The number of nitrogens with one attached hydrogen (secondary N) is 1. The van der Waals surface area contributed by atoms with Gasteiger partial charge in [0, 0.05) is 24.8 Å². The largest absolute Gasteiger partial charge is 0.484 e. The normalized spacial score (nSPS) is 14.0. The van der Waals surface area contributed by atoms with Gasteiger partial charge in [0.1, 0.15) is 11.6 Å². The second-order valence-electron chi connectivity index (χ2n) is 7.18. The molecule has 3 aromatic rings. The quantitative estimate of drug-likeness (QED) is 0.636. The lowest BCUT2D eigenvalue weighted by molar-refractivity contribution is -0.118. The Morgan fingerprint density at radius 1 is 1.00 bits per heavy atom. The van der Waals surface area contributed by atoms with Gasteiger partial charge in [0.15, 0.2) is 6.61 Å². The second kappa shape index (κ2) is 8.87. The van der Waals surface area contributed by atoms with Crippen LogP contribution in [-0.4, -0.2) is 31.8 Å². The van der Waals surface area contributed by atoms with Crippen molar-refractivity contribution in [3.63, 3.8) is 0 Å². The number of hydrogen-bond donors (Lipinski definition) is 1. The average molecular weight is 440 g/mol. The van der Waals surface area contributed by atoms with E-state index in [4.69, 9.17) is 4.74 Å². The van der Waals surface area contributed by atoms with Crippen molar-refractivity contribution in [1.82, 2.24) is 4.31 Å². The van der Waals surface area contributed by atoms with Gasteiger partial charge in [-0.05, 0) is 53.9 Å². The molecule has 0 bridgehead atoms. The Hall–Kier alpha value is -3.23. The molecule has 1 aliphatic heterocycles. The summed E-state index contributed by atoms with van der Waals surface area (Å²) in [5.41, 5.74) is 2.44. The molecule has 0 spiro atoms. The zero-order valence-corrected chi connectivity index (χ0v) is 17.4. The number of nitrogens with zero attached hydrogens (tertiary/aromatic N) is 1. The molecule has 0 saturated carbocycles. The number of carbonyl (C=O) groups excluding carboxylic acids is 1. The number of halogens is 1. The second-order valence-corrected chi connectivity index (χ2v) is 9.12. The van der Waals surface area contributed by atoms with Crippen molar-refractivity contribution in [3.8, 4) is 5.75 Å². The smallest absolute Gasteiger partial charge is 0.262 e. The molecule has 1 N–H and O–H groups in total. The van der Waals surface area contributed by atoms with Crippen molar-refractivity contribution >= 4 is 21.6 Å². The van der Waals surface area contributed by atoms with Crippen LogP contribution in [0.2, 0.25) is 0 Å². The van der Waals surface area contributed by atoms with E-state index in [1.165, 1.54) is 22.5 Å². The van der Waals surface area contributed by atoms with Crippen LogP contribution < -0.4 is 10.1 Å². The Morgan fingerprint density at radius 3 is 2.58 bits per heavy atom. The van der Waals surface area contributed by atoms with Crippen LogP contribution in [0.5, 0.6) is 5.75 Å². The number of ether oxygens (including phenoxy) is 1. The van der Waals surface area contributed by atoms with E-state index < -0.39 is 21.7 Å². The number of rotatable bonds is 6. The van der Waals surface area contributed by atoms with Gasteiger partial charge < -0.3 is 10.1 Å². The third-order valence-corrected chi connectivity index (χ3v) is 6.87. The maximum absolute atomic E-state index is 13.2. The van der Waals surface area contributed by atoms with Gasteiger partial charge in [0.05, 0.1) is 4.90 Å². The first kappa shape index (κ1) is 21.0. The van der Waals surface area contributed by atoms with Crippen molar-refractivity contribution in [3.05, 3.63) is 89.7 Å². The fraction of sp³-hybridized carbons (Fsp3) is 0.174. The van der Waals surface area contributed by atoms with Gasteiger partial charge in [-0.2, -0.15) is 4.31 Å². The molecule has 31 heavy (non-hydrogen) atoms. The maximum Gasteiger partial charge on any atom is 0.262 e. The minimum atomic E-state index is -3.59. The Labute approximate surface area is 180 Å². The van der Waals surface area contributed by atoms with E-state index in [-0.39, 0.29) is 23.8 Å². The monoisotopic (exact) mass is 440 g/mol. The molecule has 8 heteroatoms. The van der Waals surface area contributed by atoms with Crippen LogP contribution in [-0.2, 0) is 27.8 Å². The Morgan fingerprint density at radius 2 is 1.81 bits per heavy atom. The van der Waals surface area contributed by atoms with Crippen LogP contribution >= 0.6 is 0 Å². The zero-order valence-electron chi connectivity index (χ0n) is 16.6. The molecule has 0 aromatic heterocycles. The summed E-state index contributed by atoms with van der Waals surface area (Å²) < 4.78 is 45.8. The molecule has 160 valence electrons. The summed E-state index contributed by atoms with van der Waals surface area (Å²) in [6.07, 6.45) is 0.596. The van der Waals surface area contributed by atoms with Crippen molar-refractivity contribution in [1.29, 1.82) is 0 Å². The molecule has 0 radical (unpaired) electrons. The first-order chi connectivity index (χ1) is 14.9. The van der Waals surface area contributed by atoms with E-state index in [9.17, 15) is 17.6 Å². The molecule has 1 amide bonds. The van der Waals surface area contributed by atoms with Crippen molar-refractivity contribution < 1.29 is 22.3 Å². The summed E-state index contributed by atoms with van der Waals surface area (Å²) in [4.78, 5) is 12.5. The molecule has 0 saturated heterocycles. The molecule has 1 heterocycles. The van der Waals surface area contributed by atoms with Gasteiger partial charge in [0.25, 0.3) is 5.91 Å². The third kappa shape index (κ3) is 4.92. The predicted molar refractivity (Wildman–Crippen MR) is 115 cm³/mol. The van der Waals surface area contributed by atoms with Crippen LogP contribution in [0.1, 0.15) is 11.1 Å². The van der Waals surface area contributed by atoms with E-state index in [0.29, 0.717) is 18.7 Å². The number of anilines is 1. The van der Waals surface area contributed by atoms with Gasteiger partial charge in [-0.15, -0.1) is 0 Å². The highest BCUT2D eigenvalue weighted by atomic mass is 32.2. The van der Waals surface area contributed by atoms with Crippen LogP contribution in [0.15, 0.2) is 77.7 Å². The highest BCUT2D eigenvalue weighted by Gasteiger charge is 2.28. The first-order valence-corrected chi connectivity index (χ1v) is 11.2. The summed E-state index contributed by atoms with van der Waals surface area (Å²) in [7, 11) is -3.59. The fourth-order valence-electron chi connectivity index (χ4n) is 3.46. The average Bonchev–Trinajstić information content (AvgIpc) is 2.78. The fourth-order valence-corrected chi connectivity index (χ4v) is 4.90. The van der Waals surface area contributed by atoms with Crippen LogP contribution in [0.4, 0.5) is 10.1 Å². The number of sulfonamides is 1. The molecule has 0 aliphatic carbocycles. The molecular weight excluding hydrogens is 419 g/mol. The van der Waals surface area contributed by atoms with Gasteiger partial charge >= 0.3 is 0 Å². The number of carbonyl (C=O) groups is 1. The number of hydrogen-bond acceptors (Lipinski definition) is 4. The van der Waals surface area contributed by atoms with Gasteiger partial charge in [0.2, 0.25) is 10.0 Å². The molecule has 0 atom stereocenters. The molecule has 1 aliphatic rings. The molecule has 3 aromatic carbocycles. The van der Waals surface area contributed by atoms with E-state index in [1.807, 2.05) is 6.07 Å². The number of amides is 1. The molecule has 0 fully saturated rings. The zero-order chi connectivity index (χ0) is 21.8. The highest BCUT2D eigenvalue weighted by molar-refractivity contribution is 7.89. The highest BCUT2D eigenvalue weighted by Crippen LogP contribution is 2.27. The van der Waals surface area contributed by atoms with Crippen LogP contribution in [0.3, 0.4) is 0 Å². The Kier molecular flexibility index (Phi) is 6.01. The van der Waals surface area contributed by atoms with Gasteiger partial charge in [-0.25, -0.2) is 12.8 Å². The Bertz CT molecular complexity index is 1200. The van der Waals surface area contributed by atoms with Gasteiger partial charge in [-0.1, -0.05) is 30.3 Å². The summed E-state index contributed by atoms with van der Waals surface area (Å²) in [5, 5.41) is 2.74. The molecule has 0 unspecified atom stereocenters. The predicted octanol–water partition coefficient (Wildman–Crippen LogP) is 3.59. The molecule has 4 rings (SSSR count). The standard InChI is InChI=1S/C23H21FN2O4S/c24-19-5-4-6-21(14-19)30-16-23(27)25-20-10-9-17-11-12-26(15-18(17)13-20)31(28,29)22-7-2-1-3-8-22/h1-10,13-14H,11-12,15-16H2,(H,25,27). The lowest BCUT2D eigenvalue weighted by Crippen LogP contribution is -2.36. The topological polar surface area (TPSA) is 75.7 Å². The van der Waals surface area contributed by atoms with E-state index in [2.05, 4.69) is 5.32 Å². The number of fused-ring (bicyclic) bond motifs is 1. The molecule has 6 nitrogen and oxygen atoms in total. The summed E-state index contributed by atoms with van der Waals surface area (Å²) in [6.45, 7) is 0.364. The van der Waals surface area contributed by atoms with Crippen LogP contribution in [0, 0.1) is 5.82 Å². The van der Waals surface area contributed by atoms with Gasteiger partial charge in [-0.3, -0.25) is 4.79 Å². The summed E-state index contributed by atoms with van der Waals surface area (Å²) in [6, 6.07) is 19.4. The van der Waals surface area contributed by atoms with E-state index >= 15 is 0 Å². The minimum Gasteiger partial charge on any atom is -0.484 e. The third-order valence-electron chi connectivity index (χ3n) is 5.01. The summed E-state index contributed by atoms with van der Waals surface area (Å²) >= 11 is 0. The SMILES string of the molecule is O=C(COc1cccc(F)c1)Nc1ccc2c(c1)CN(S(=O)(=O)c1ccccc1)CC2. The minimum absolute atomic E-state index is 0.232. The first-order valence-electron chi connectivity index (χ1n) is 9.77. The van der Waals surface area contributed by atoms with E-state index in [0.717, 1.165) is 11.1 Å². The summed E-state index contributed by atoms with van der Waals surface area (Å²) in [5.74, 6) is -0.571. The maximum atomic E-state index is 13.2. The van der Waals surface area contributed by atoms with Crippen molar-refractivity contribution in [2.24, 2.45) is 0 Å². The molecular formula is C23H21FN2O4S.